The quantitative estimate of drug-likeness (QED) is 0.806. The molecule has 2 aromatic rings. The van der Waals surface area contributed by atoms with Crippen LogP contribution in [0.25, 0.3) is 0 Å². The fourth-order valence-electron chi connectivity index (χ4n) is 1.17. The van der Waals surface area contributed by atoms with Crippen LogP contribution in [0.2, 0.25) is 10.0 Å². The molecule has 0 amide bonds. The van der Waals surface area contributed by atoms with Crippen molar-refractivity contribution in [3.63, 3.8) is 0 Å². The Morgan fingerprint density at radius 3 is 2.50 bits per heavy atom. The van der Waals surface area contributed by atoms with Gasteiger partial charge in [-0.15, -0.1) is 0 Å². The van der Waals surface area contributed by atoms with Crippen molar-refractivity contribution < 1.29 is 0 Å². The number of rotatable bonds is 1. The second-order valence-corrected chi connectivity index (χ2v) is 4.18. The molecule has 0 aliphatic carbocycles. The van der Waals surface area contributed by atoms with E-state index < -0.39 is 0 Å². The molecule has 1 heterocycles. The van der Waals surface area contributed by atoms with E-state index in [4.69, 9.17) is 35.4 Å². The third-order valence-electron chi connectivity index (χ3n) is 1.91. The summed E-state index contributed by atoms with van der Waals surface area (Å²) in [5.74, 6) is 0. The summed E-state index contributed by atoms with van der Waals surface area (Å²) in [6, 6.07) is 7.03. The smallest absolute Gasteiger partial charge is 0.198 e. The first-order chi connectivity index (χ1) is 7.68. The predicted molar refractivity (Wildman–Crippen MR) is 70.3 cm³/mol. The van der Waals surface area contributed by atoms with Crippen molar-refractivity contribution in [2.45, 2.75) is 0 Å². The summed E-state index contributed by atoms with van der Waals surface area (Å²) in [6.07, 6.45) is 3.38. The van der Waals surface area contributed by atoms with E-state index in [-0.39, 0.29) is 0 Å². The van der Waals surface area contributed by atoms with Gasteiger partial charge in [-0.1, -0.05) is 29.3 Å². The van der Waals surface area contributed by atoms with Gasteiger partial charge in [0.15, 0.2) is 5.11 Å². The maximum absolute atomic E-state index is 6.00. The number of benzene rings is 1. The second-order valence-electron chi connectivity index (χ2n) is 2.98. The molecule has 6 heteroatoms. The van der Waals surface area contributed by atoms with Crippen molar-refractivity contribution in [3.05, 3.63) is 46.7 Å². The summed E-state index contributed by atoms with van der Waals surface area (Å²) in [6.45, 7) is 0. The topological polar surface area (TPSA) is 29.9 Å². The van der Waals surface area contributed by atoms with Crippen LogP contribution in [0.3, 0.4) is 0 Å². The number of nitrogens with zero attached hydrogens (tertiary/aromatic N) is 2. The van der Waals surface area contributed by atoms with E-state index in [1.807, 2.05) is 0 Å². The van der Waals surface area contributed by atoms with E-state index >= 15 is 0 Å². The average Bonchev–Trinajstić information content (AvgIpc) is 2.76. The molecule has 1 aromatic heterocycles. The van der Waals surface area contributed by atoms with E-state index in [9.17, 15) is 0 Å². The Balaban J connectivity index is 2.25. The monoisotopic (exact) mass is 271 g/mol. The molecule has 0 bridgehead atoms. The number of hydrogen-bond acceptors (Lipinski definition) is 2. The van der Waals surface area contributed by atoms with Crippen LogP contribution in [0.5, 0.6) is 0 Å². The number of hydrogen-bond donors (Lipinski definition) is 1. The molecule has 1 aromatic carbocycles. The molecule has 0 fully saturated rings. The summed E-state index contributed by atoms with van der Waals surface area (Å²) < 4.78 is 1.52. The molecule has 0 aliphatic heterocycles. The summed E-state index contributed by atoms with van der Waals surface area (Å²) in [5.41, 5.74) is 0.589. The van der Waals surface area contributed by atoms with E-state index in [1.54, 1.807) is 36.7 Å². The highest BCUT2D eigenvalue weighted by Gasteiger charge is 2.07. The minimum absolute atomic E-state index is 0.417. The number of nitrogens with one attached hydrogen (secondary N) is 1. The predicted octanol–water partition coefficient (Wildman–Crippen LogP) is 3.44. The number of thiocarbonyl (C=S) groups is 1. The molecule has 2 rings (SSSR count). The van der Waals surface area contributed by atoms with Gasteiger partial charge in [0.25, 0.3) is 0 Å². The van der Waals surface area contributed by atoms with Gasteiger partial charge in [-0.05, 0) is 30.4 Å². The lowest BCUT2D eigenvalue weighted by Crippen LogP contribution is -2.19. The van der Waals surface area contributed by atoms with Gasteiger partial charge in [-0.25, -0.2) is 4.68 Å². The van der Waals surface area contributed by atoms with E-state index in [0.717, 1.165) is 0 Å². The van der Waals surface area contributed by atoms with Crippen LogP contribution in [0, 0.1) is 0 Å². The standard InChI is InChI=1S/C10H7Cl2N3S/c11-7-3-1-4-8(12)9(7)14-10(16)15-6-2-5-13-15/h1-6H,(H,14,16). The molecule has 0 saturated heterocycles. The van der Waals surface area contributed by atoms with Crippen LogP contribution in [-0.4, -0.2) is 14.9 Å². The van der Waals surface area contributed by atoms with Crippen LogP contribution in [0.15, 0.2) is 36.7 Å². The average molecular weight is 272 g/mol. The highest BCUT2D eigenvalue weighted by Crippen LogP contribution is 2.29. The Labute approximate surface area is 108 Å². The van der Waals surface area contributed by atoms with E-state index in [2.05, 4.69) is 10.4 Å². The SMILES string of the molecule is S=C(Nc1c(Cl)cccc1Cl)n1cccn1. The van der Waals surface area contributed by atoms with Crippen LogP contribution in [-0.2, 0) is 0 Å². The third kappa shape index (κ3) is 2.35. The minimum atomic E-state index is 0.417. The van der Waals surface area contributed by atoms with Crippen LogP contribution >= 0.6 is 35.4 Å². The van der Waals surface area contributed by atoms with Crippen molar-refractivity contribution in [1.82, 2.24) is 9.78 Å². The number of halogens is 2. The van der Waals surface area contributed by atoms with Crippen molar-refractivity contribution in [1.29, 1.82) is 0 Å². The van der Waals surface area contributed by atoms with Gasteiger partial charge in [0, 0.05) is 12.4 Å². The molecule has 16 heavy (non-hydrogen) atoms. The fourth-order valence-corrected chi connectivity index (χ4v) is 1.87. The molecular formula is C10H7Cl2N3S. The molecule has 0 aliphatic rings. The molecule has 0 unspecified atom stereocenters. The molecule has 0 radical (unpaired) electrons. The van der Waals surface area contributed by atoms with Crippen molar-refractivity contribution in [2.24, 2.45) is 0 Å². The normalized spacial score (nSPS) is 10.1. The first-order valence-corrected chi connectivity index (χ1v) is 5.60. The fraction of sp³-hybridized carbons (Fsp3) is 0. The Morgan fingerprint density at radius 2 is 1.94 bits per heavy atom. The van der Waals surface area contributed by atoms with Gasteiger partial charge in [0.05, 0.1) is 15.7 Å². The lowest BCUT2D eigenvalue weighted by molar-refractivity contribution is 0.947. The van der Waals surface area contributed by atoms with Crippen molar-refractivity contribution in [2.75, 3.05) is 5.32 Å². The third-order valence-corrected chi connectivity index (χ3v) is 2.83. The van der Waals surface area contributed by atoms with Crippen LogP contribution in [0.1, 0.15) is 0 Å². The van der Waals surface area contributed by atoms with Gasteiger partial charge < -0.3 is 5.32 Å². The maximum atomic E-state index is 6.00. The zero-order valence-corrected chi connectivity index (χ0v) is 10.4. The number of para-hydroxylation sites is 1. The summed E-state index contributed by atoms with van der Waals surface area (Å²) in [5, 5.41) is 8.40. The second kappa shape index (κ2) is 4.82. The Morgan fingerprint density at radius 1 is 1.25 bits per heavy atom. The minimum Gasteiger partial charge on any atom is -0.328 e. The summed E-state index contributed by atoms with van der Waals surface area (Å²) in [7, 11) is 0. The van der Waals surface area contributed by atoms with Gasteiger partial charge in [0.1, 0.15) is 0 Å². The van der Waals surface area contributed by atoms with Gasteiger partial charge in [-0.2, -0.15) is 5.10 Å². The highest BCUT2D eigenvalue weighted by molar-refractivity contribution is 7.80. The first kappa shape index (κ1) is 11.4. The number of aromatic nitrogens is 2. The van der Waals surface area contributed by atoms with Crippen molar-refractivity contribution in [3.8, 4) is 0 Å². The van der Waals surface area contributed by atoms with Gasteiger partial charge in [-0.3, -0.25) is 0 Å². The van der Waals surface area contributed by atoms with Crippen molar-refractivity contribution >= 4 is 46.2 Å². The lowest BCUT2D eigenvalue weighted by atomic mass is 10.3. The Hall–Kier alpha value is -1.10. The molecule has 3 nitrogen and oxygen atoms in total. The molecule has 0 spiro atoms. The maximum Gasteiger partial charge on any atom is 0.198 e. The summed E-state index contributed by atoms with van der Waals surface area (Å²) >= 11 is 17.1. The molecular weight excluding hydrogens is 265 g/mol. The molecule has 0 atom stereocenters. The zero-order chi connectivity index (χ0) is 11.5. The Kier molecular flexibility index (Phi) is 3.43. The Bertz CT molecular complexity index is 491. The van der Waals surface area contributed by atoms with E-state index in [1.165, 1.54) is 4.68 Å². The largest absolute Gasteiger partial charge is 0.328 e. The van der Waals surface area contributed by atoms with Crippen LogP contribution < -0.4 is 5.32 Å². The highest BCUT2D eigenvalue weighted by atomic mass is 35.5. The number of anilines is 1. The molecule has 1 N–H and O–H groups in total. The molecule has 82 valence electrons. The lowest BCUT2D eigenvalue weighted by Gasteiger charge is -2.10. The van der Waals surface area contributed by atoms with Gasteiger partial charge >= 0.3 is 0 Å². The summed E-state index contributed by atoms with van der Waals surface area (Å²) in [4.78, 5) is 0. The zero-order valence-electron chi connectivity index (χ0n) is 8.02. The first-order valence-electron chi connectivity index (χ1n) is 4.43. The van der Waals surface area contributed by atoms with Crippen LogP contribution in [0.4, 0.5) is 5.69 Å². The van der Waals surface area contributed by atoms with Gasteiger partial charge in [0.2, 0.25) is 0 Å². The van der Waals surface area contributed by atoms with E-state index in [0.29, 0.717) is 20.8 Å². The molecule has 0 saturated carbocycles.